The number of nitrogens with zero attached hydrogens (tertiary/aromatic N) is 2. The van der Waals surface area contributed by atoms with Gasteiger partial charge in [-0.1, -0.05) is 36.4 Å². The van der Waals surface area contributed by atoms with Gasteiger partial charge in [0.1, 0.15) is 11.6 Å². The van der Waals surface area contributed by atoms with Crippen LogP contribution in [-0.2, 0) is 16.0 Å². The molecule has 3 aromatic rings. The molecule has 31 heavy (non-hydrogen) atoms. The summed E-state index contributed by atoms with van der Waals surface area (Å²) in [4.78, 5) is 23.2. The zero-order valence-corrected chi connectivity index (χ0v) is 17.4. The molecule has 0 spiro atoms. The van der Waals surface area contributed by atoms with Crippen LogP contribution >= 0.6 is 0 Å². The number of piperidine rings is 1. The van der Waals surface area contributed by atoms with E-state index in [0.717, 1.165) is 48.3 Å². The van der Waals surface area contributed by atoms with E-state index in [9.17, 15) is 9.18 Å². The van der Waals surface area contributed by atoms with Crippen molar-refractivity contribution in [2.24, 2.45) is 0 Å². The molecule has 5 rings (SSSR count). The lowest BCUT2D eigenvalue weighted by molar-refractivity contribution is -0.138. The highest BCUT2D eigenvalue weighted by molar-refractivity contribution is 5.77. The van der Waals surface area contributed by atoms with Crippen molar-refractivity contribution in [1.82, 2.24) is 14.9 Å². The summed E-state index contributed by atoms with van der Waals surface area (Å²) in [6.07, 6.45) is 5.66. The van der Waals surface area contributed by atoms with Crippen LogP contribution in [0.3, 0.4) is 0 Å². The number of amides is 1. The molecule has 1 N–H and O–H groups in total. The Morgan fingerprint density at radius 2 is 2.10 bits per heavy atom. The lowest BCUT2D eigenvalue weighted by atomic mass is 9.94. The van der Waals surface area contributed by atoms with Gasteiger partial charge in [0.05, 0.1) is 37.1 Å². The fourth-order valence-electron chi connectivity index (χ4n) is 4.74. The summed E-state index contributed by atoms with van der Waals surface area (Å²) >= 11 is 0. The van der Waals surface area contributed by atoms with E-state index in [1.165, 1.54) is 17.7 Å². The number of nitrogens with one attached hydrogen (secondary N) is 1. The van der Waals surface area contributed by atoms with Crippen LogP contribution in [0, 0.1) is 5.82 Å². The van der Waals surface area contributed by atoms with Gasteiger partial charge in [-0.05, 0) is 48.9 Å². The Hall–Kier alpha value is -2.99. The molecule has 0 radical (unpaired) electrons. The maximum absolute atomic E-state index is 13.6. The fourth-order valence-corrected chi connectivity index (χ4v) is 4.74. The van der Waals surface area contributed by atoms with Crippen LogP contribution in [0.1, 0.15) is 54.8 Å². The molecule has 1 fully saturated rings. The van der Waals surface area contributed by atoms with Gasteiger partial charge in [-0.25, -0.2) is 9.37 Å². The molecule has 0 bridgehead atoms. The van der Waals surface area contributed by atoms with Crippen molar-refractivity contribution in [1.29, 1.82) is 0 Å². The van der Waals surface area contributed by atoms with E-state index in [-0.39, 0.29) is 23.9 Å². The third-order valence-electron chi connectivity index (χ3n) is 6.32. The molecule has 160 valence electrons. The minimum absolute atomic E-state index is 0.0927. The Bertz CT molecular complexity index is 1080. The average Bonchev–Trinajstić information content (AvgIpc) is 3.30. The Labute approximate surface area is 181 Å². The van der Waals surface area contributed by atoms with Crippen LogP contribution < -0.4 is 0 Å². The Morgan fingerprint density at radius 3 is 3.00 bits per heavy atom. The minimum Gasteiger partial charge on any atom is -0.373 e. The quantitative estimate of drug-likeness (QED) is 0.649. The van der Waals surface area contributed by atoms with Crippen molar-refractivity contribution < 1.29 is 13.9 Å². The van der Waals surface area contributed by atoms with Crippen molar-refractivity contribution in [3.63, 3.8) is 0 Å². The first-order chi connectivity index (χ1) is 15.2. The van der Waals surface area contributed by atoms with Gasteiger partial charge in [0.25, 0.3) is 0 Å². The summed E-state index contributed by atoms with van der Waals surface area (Å²) in [5.41, 5.74) is 3.91. The number of hydrogen-bond acceptors (Lipinski definition) is 3. The molecular formula is C25H26FN3O2. The third kappa shape index (κ3) is 4.12. The van der Waals surface area contributed by atoms with Crippen LogP contribution in [0.15, 0.2) is 54.7 Å². The second kappa shape index (κ2) is 8.63. The van der Waals surface area contributed by atoms with E-state index in [1.807, 2.05) is 23.1 Å². The van der Waals surface area contributed by atoms with Gasteiger partial charge < -0.3 is 14.6 Å². The number of rotatable bonds is 4. The minimum atomic E-state index is -0.282. The first-order valence-corrected chi connectivity index (χ1v) is 11.0. The highest BCUT2D eigenvalue weighted by atomic mass is 19.1. The third-order valence-corrected chi connectivity index (χ3v) is 6.32. The number of H-pyrrole nitrogens is 1. The SMILES string of the molecule is O=C(CC1OCCc2ccccc21)N1CCCCC1c1ncc(-c2cccc(F)c2)[nH]1. The number of likely N-dealkylation sites (tertiary alicyclic amines) is 1. The molecular weight excluding hydrogens is 393 g/mol. The number of aromatic amines is 1. The Balaban J connectivity index is 1.35. The summed E-state index contributed by atoms with van der Waals surface area (Å²) in [6, 6.07) is 14.6. The highest BCUT2D eigenvalue weighted by Gasteiger charge is 2.32. The van der Waals surface area contributed by atoms with E-state index in [4.69, 9.17) is 4.74 Å². The number of halogens is 1. The van der Waals surface area contributed by atoms with Crippen molar-refractivity contribution in [3.8, 4) is 11.3 Å². The van der Waals surface area contributed by atoms with Gasteiger partial charge in [-0.15, -0.1) is 0 Å². The zero-order valence-electron chi connectivity index (χ0n) is 17.4. The topological polar surface area (TPSA) is 58.2 Å². The van der Waals surface area contributed by atoms with Gasteiger partial charge in [-0.3, -0.25) is 4.79 Å². The van der Waals surface area contributed by atoms with E-state index >= 15 is 0 Å². The number of carbonyl (C=O) groups is 1. The van der Waals surface area contributed by atoms with E-state index < -0.39 is 0 Å². The molecule has 6 heteroatoms. The molecule has 2 aromatic carbocycles. The predicted molar refractivity (Wildman–Crippen MR) is 116 cm³/mol. The first-order valence-electron chi connectivity index (χ1n) is 11.0. The molecule has 1 aromatic heterocycles. The molecule has 2 aliphatic heterocycles. The summed E-state index contributed by atoms with van der Waals surface area (Å²) in [5.74, 6) is 0.572. The number of carbonyl (C=O) groups excluding carboxylic acids is 1. The van der Waals surface area contributed by atoms with Gasteiger partial charge in [0.2, 0.25) is 5.91 Å². The molecule has 2 aliphatic rings. The average molecular weight is 420 g/mol. The van der Waals surface area contributed by atoms with Gasteiger partial charge >= 0.3 is 0 Å². The highest BCUT2D eigenvalue weighted by Crippen LogP contribution is 2.35. The lowest BCUT2D eigenvalue weighted by Crippen LogP contribution is -2.40. The van der Waals surface area contributed by atoms with E-state index in [2.05, 4.69) is 22.1 Å². The van der Waals surface area contributed by atoms with E-state index in [0.29, 0.717) is 19.6 Å². The smallest absolute Gasteiger partial charge is 0.226 e. The molecule has 2 unspecified atom stereocenters. The van der Waals surface area contributed by atoms with Crippen molar-refractivity contribution in [2.45, 2.75) is 44.2 Å². The van der Waals surface area contributed by atoms with Gasteiger partial charge in [0.15, 0.2) is 0 Å². The van der Waals surface area contributed by atoms with Crippen LogP contribution in [0.4, 0.5) is 4.39 Å². The molecule has 1 saturated heterocycles. The van der Waals surface area contributed by atoms with Crippen molar-refractivity contribution >= 4 is 5.91 Å². The zero-order chi connectivity index (χ0) is 21.2. The van der Waals surface area contributed by atoms with Gasteiger partial charge in [0, 0.05) is 12.1 Å². The second-order valence-electron chi connectivity index (χ2n) is 8.30. The molecule has 3 heterocycles. The van der Waals surface area contributed by atoms with Crippen molar-refractivity contribution in [3.05, 3.63) is 77.5 Å². The number of aromatic nitrogens is 2. The van der Waals surface area contributed by atoms with E-state index in [1.54, 1.807) is 12.3 Å². The molecule has 0 saturated carbocycles. The normalized spacial score (nSPS) is 21.0. The second-order valence-corrected chi connectivity index (χ2v) is 8.30. The number of ether oxygens (including phenoxy) is 1. The molecule has 5 nitrogen and oxygen atoms in total. The first kappa shape index (κ1) is 19.9. The monoisotopic (exact) mass is 419 g/mol. The Morgan fingerprint density at radius 1 is 1.19 bits per heavy atom. The molecule has 2 atom stereocenters. The maximum Gasteiger partial charge on any atom is 0.226 e. The molecule has 0 aliphatic carbocycles. The largest absolute Gasteiger partial charge is 0.373 e. The van der Waals surface area contributed by atoms with Crippen LogP contribution in [0.25, 0.3) is 11.3 Å². The van der Waals surface area contributed by atoms with Gasteiger partial charge in [-0.2, -0.15) is 0 Å². The standard InChI is InChI=1S/C25H26FN3O2/c26-19-8-5-7-18(14-19)21-16-27-25(28-21)22-10-3-4-12-29(22)24(30)15-23-20-9-2-1-6-17(20)11-13-31-23/h1-2,5-9,14,16,22-23H,3-4,10-13,15H2,(H,27,28). The summed E-state index contributed by atoms with van der Waals surface area (Å²) in [5, 5.41) is 0. The van der Waals surface area contributed by atoms with Crippen molar-refractivity contribution in [2.75, 3.05) is 13.2 Å². The molecule has 1 amide bonds. The number of benzene rings is 2. The predicted octanol–water partition coefficient (Wildman–Crippen LogP) is 4.97. The number of imidazole rings is 1. The summed E-state index contributed by atoms with van der Waals surface area (Å²) in [7, 11) is 0. The van der Waals surface area contributed by atoms with Crippen LogP contribution in [0.5, 0.6) is 0 Å². The maximum atomic E-state index is 13.6. The lowest BCUT2D eigenvalue weighted by Gasteiger charge is -2.36. The van der Waals surface area contributed by atoms with Crippen LogP contribution in [0.2, 0.25) is 0 Å². The number of hydrogen-bond donors (Lipinski definition) is 1. The number of fused-ring (bicyclic) bond motifs is 1. The Kier molecular flexibility index (Phi) is 5.55. The van der Waals surface area contributed by atoms with Crippen LogP contribution in [-0.4, -0.2) is 33.9 Å². The fraction of sp³-hybridized carbons (Fsp3) is 0.360. The summed E-state index contributed by atoms with van der Waals surface area (Å²) in [6.45, 7) is 1.36. The summed E-state index contributed by atoms with van der Waals surface area (Å²) < 4.78 is 19.6.